The lowest BCUT2D eigenvalue weighted by Crippen LogP contribution is -2.24. The lowest BCUT2D eigenvalue weighted by molar-refractivity contribution is -0.144. The molecule has 0 saturated heterocycles. The predicted octanol–water partition coefficient (Wildman–Crippen LogP) is 2.35. The van der Waals surface area contributed by atoms with Crippen LogP contribution >= 0.6 is 0 Å². The fourth-order valence-corrected chi connectivity index (χ4v) is 1.10. The van der Waals surface area contributed by atoms with Crippen LogP contribution in [0.15, 0.2) is 0 Å². The minimum Gasteiger partial charge on any atom is -0.466 e. The molecule has 0 aromatic carbocycles. The van der Waals surface area contributed by atoms with Gasteiger partial charge in [-0.05, 0) is 25.3 Å². The molecule has 0 unspecified atom stereocenters. The Bertz CT molecular complexity index is 167. The summed E-state index contributed by atoms with van der Waals surface area (Å²) in [4.78, 5) is 11.2. The molecule has 0 rings (SSSR count). The van der Waals surface area contributed by atoms with Crippen LogP contribution in [0.2, 0.25) is 0 Å². The highest BCUT2D eigenvalue weighted by Crippen LogP contribution is 2.00. The van der Waals surface area contributed by atoms with Gasteiger partial charge >= 0.3 is 5.97 Å². The first-order valence-electron chi connectivity index (χ1n) is 5.91. The summed E-state index contributed by atoms with van der Waals surface area (Å²) in [6.45, 7) is 9.90. The Kier molecular flexibility index (Phi) is 8.38. The summed E-state index contributed by atoms with van der Waals surface area (Å²) in [6, 6.07) is 0.488. The quantitative estimate of drug-likeness (QED) is 0.499. The van der Waals surface area contributed by atoms with Gasteiger partial charge < -0.3 is 10.1 Å². The van der Waals surface area contributed by atoms with E-state index in [0.717, 1.165) is 19.4 Å². The Balaban J connectivity index is 3.26. The molecule has 0 saturated carbocycles. The molecule has 0 radical (unpaired) electrons. The highest BCUT2D eigenvalue weighted by molar-refractivity contribution is 5.69. The molecule has 0 aliphatic carbocycles. The van der Waals surface area contributed by atoms with Crippen molar-refractivity contribution in [2.45, 2.75) is 53.0 Å². The standard InChI is InChI=1S/C12H25NO2/c1-10(2)7-9-15-12(14)6-5-8-13-11(3)4/h10-11,13H,5-9H2,1-4H3. The third kappa shape index (κ3) is 11.4. The maximum absolute atomic E-state index is 11.2. The van der Waals surface area contributed by atoms with Crippen LogP contribution in [0, 0.1) is 5.92 Å². The van der Waals surface area contributed by atoms with Crippen molar-refractivity contribution in [2.24, 2.45) is 5.92 Å². The summed E-state index contributed by atoms with van der Waals surface area (Å²) >= 11 is 0. The number of hydrogen-bond donors (Lipinski definition) is 1. The minimum absolute atomic E-state index is 0.0683. The first kappa shape index (κ1) is 14.4. The second-order valence-corrected chi connectivity index (χ2v) is 4.62. The minimum atomic E-state index is -0.0683. The van der Waals surface area contributed by atoms with E-state index in [1.807, 2.05) is 0 Å². The molecule has 0 atom stereocenters. The second-order valence-electron chi connectivity index (χ2n) is 4.62. The number of ether oxygens (including phenoxy) is 1. The summed E-state index contributed by atoms with van der Waals surface area (Å²) in [7, 11) is 0. The van der Waals surface area contributed by atoms with E-state index >= 15 is 0 Å². The predicted molar refractivity (Wildman–Crippen MR) is 62.8 cm³/mol. The van der Waals surface area contributed by atoms with Crippen LogP contribution in [0.1, 0.15) is 47.0 Å². The molecule has 0 bridgehead atoms. The van der Waals surface area contributed by atoms with E-state index in [1.165, 1.54) is 0 Å². The molecule has 1 N–H and O–H groups in total. The average molecular weight is 215 g/mol. The van der Waals surface area contributed by atoms with Gasteiger partial charge in [0.25, 0.3) is 0 Å². The molecule has 0 aliphatic heterocycles. The molecule has 3 nitrogen and oxygen atoms in total. The van der Waals surface area contributed by atoms with Crippen LogP contribution in [0.25, 0.3) is 0 Å². The molecule has 0 fully saturated rings. The van der Waals surface area contributed by atoms with Crippen molar-refractivity contribution in [3.63, 3.8) is 0 Å². The fourth-order valence-electron chi connectivity index (χ4n) is 1.10. The molecule has 0 heterocycles. The summed E-state index contributed by atoms with van der Waals surface area (Å²) in [5.41, 5.74) is 0. The summed E-state index contributed by atoms with van der Waals surface area (Å²) in [5, 5.41) is 3.27. The molecule has 3 heteroatoms. The normalized spacial score (nSPS) is 11.1. The van der Waals surface area contributed by atoms with Gasteiger partial charge in [0, 0.05) is 12.5 Å². The van der Waals surface area contributed by atoms with Gasteiger partial charge in [-0.1, -0.05) is 27.7 Å². The number of hydrogen-bond acceptors (Lipinski definition) is 3. The molecular formula is C12H25NO2. The SMILES string of the molecule is CC(C)CCOC(=O)CCCNC(C)C. The molecule has 0 aromatic rings. The monoisotopic (exact) mass is 215 g/mol. The summed E-state index contributed by atoms with van der Waals surface area (Å²) in [5.74, 6) is 0.529. The Labute approximate surface area is 93.6 Å². The zero-order valence-electron chi connectivity index (χ0n) is 10.5. The Hall–Kier alpha value is -0.570. The van der Waals surface area contributed by atoms with Crippen LogP contribution in [-0.2, 0) is 9.53 Å². The lowest BCUT2D eigenvalue weighted by Gasteiger charge is -2.08. The maximum Gasteiger partial charge on any atom is 0.305 e. The van der Waals surface area contributed by atoms with Gasteiger partial charge in [0.05, 0.1) is 6.61 Å². The summed E-state index contributed by atoms with van der Waals surface area (Å²) < 4.78 is 5.09. The van der Waals surface area contributed by atoms with Crippen molar-refractivity contribution in [1.29, 1.82) is 0 Å². The average Bonchev–Trinajstić information content (AvgIpc) is 2.11. The Morgan fingerprint density at radius 2 is 1.93 bits per heavy atom. The first-order chi connectivity index (χ1) is 7.02. The fraction of sp³-hybridized carbons (Fsp3) is 0.917. The van der Waals surface area contributed by atoms with Crippen molar-refractivity contribution in [2.75, 3.05) is 13.2 Å². The smallest absolute Gasteiger partial charge is 0.305 e. The number of rotatable bonds is 8. The van der Waals surface area contributed by atoms with E-state index in [-0.39, 0.29) is 5.97 Å². The highest BCUT2D eigenvalue weighted by Gasteiger charge is 2.03. The van der Waals surface area contributed by atoms with Crippen molar-refractivity contribution in [3.05, 3.63) is 0 Å². The molecule has 90 valence electrons. The van der Waals surface area contributed by atoms with E-state index in [1.54, 1.807) is 0 Å². The summed E-state index contributed by atoms with van der Waals surface area (Å²) in [6.07, 6.45) is 2.34. The van der Waals surface area contributed by atoms with Gasteiger partial charge in [-0.2, -0.15) is 0 Å². The molecule has 15 heavy (non-hydrogen) atoms. The van der Waals surface area contributed by atoms with E-state index < -0.39 is 0 Å². The number of carbonyl (C=O) groups excluding carboxylic acids is 1. The lowest BCUT2D eigenvalue weighted by atomic mass is 10.1. The zero-order valence-corrected chi connectivity index (χ0v) is 10.5. The molecule has 0 aliphatic rings. The van der Waals surface area contributed by atoms with Crippen LogP contribution in [0.3, 0.4) is 0 Å². The zero-order chi connectivity index (χ0) is 11.7. The Morgan fingerprint density at radius 3 is 2.47 bits per heavy atom. The van der Waals surface area contributed by atoms with Gasteiger partial charge in [0.2, 0.25) is 0 Å². The van der Waals surface area contributed by atoms with Gasteiger partial charge in [0.15, 0.2) is 0 Å². The van der Waals surface area contributed by atoms with Crippen molar-refractivity contribution < 1.29 is 9.53 Å². The number of carbonyl (C=O) groups is 1. The largest absolute Gasteiger partial charge is 0.466 e. The van der Waals surface area contributed by atoms with Gasteiger partial charge in [-0.3, -0.25) is 4.79 Å². The van der Waals surface area contributed by atoms with Crippen molar-refractivity contribution >= 4 is 5.97 Å². The highest BCUT2D eigenvalue weighted by atomic mass is 16.5. The van der Waals surface area contributed by atoms with Crippen molar-refractivity contribution in [3.8, 4) is 0 Å². The molecule has 0 amide bonds. The van der Waals surface area contributed by atoms with Crippen molar-refractivity contribution in [1.82, 2.24) is 5.32 Å². The van der Waals surface area contributed by atoms with Crippen LogP contribution in [0.5, 0.6) is 0 Å². The number of esters is 1. The van der Waals surface area contributed by atoms with Crippen LogP contribution in [0.4, 0.5) is 0 Å². The van der Waals surface area contributed by atoms with E-state index in [9.17, 15) is 4.79 Å². The third-order valence-corrected chi connectivity index (χ3v) is 2.07. The van der Waals surface area contributed by atoms with E-state index in [4.69, 9.17) is 4.74 Å². The van der Waals surface area contributed by atoms with Crippen LogP contribution in [-0.4, -0.2) is 25.2 Å². The maximum atomic E-state index is 11.2. The van der Waals surface area contributed by atoms with Crippen LogP contribution < -0.4 is 5.32 Å². The Morgan fingerprint density at radius 1 is 1.27 bits per heavy atom. The number of nitrogens with one attached hydrogen (secondary N) is 1. The first-order valence-corrected chi connectivity index (χ1v) is 5.91. The van der Waals surface area contributed by atoms with Gasteiger partial charge in [-0.15, -0.1) is 0 Å². The van der Waals surface area contributed by atoms with Gasteiger partial charge in [-0.25, -0.2) is 0 Å². The topological polar surface area (TPSA) is 38.3 Å². The van der Waals surface area contributed by atoms with E-state index in [2.05, 4.69) is 33.0 Å². The molecular weight excluding hydrogens is 190 g/mol. The van der Waals surface area contributed by atoms with Gasteiger partial charge in [0.1, 0.15) is 0 Å². The van der Waals surface area contributed by atoms with E-state index in [0.29, 0.717) is 25.0 Å². The second kappa shape index (κ2) is 8.72. The third-order valence-electron chi connectivity index (χ3n) is 2.07. The molecule has 0 aromatic heterocycles. The molecule has 0 spiro atoms.